The van der Waals surface area contributed by atoms with Crippen LogP contribution in [0.1, 0.15) is 6.92 Å². The predicted octanol–water partition coefficient (Wildman–Crippen LogP) is 2.50. The second kappa shape index (κ2) is 6.05. The van der Waals surface area contributed by atoms with Crippen LogP contribution in [0.2, 0.25) is 0 Å². The third kappa shape index (κ3) is 2.71. The van der Waals surface area contributed by atoms with E-state index in [0.29, 0.717) is 4.38 Å². The van der Waals surface area contributed by atoms with Crippen molar-refractivity contribution >= 4 is 45.5 Å². The van der Waals surface area contributed by atoms with Gasteiger partial charge in [-0.3, -0.25) is 0 Å². The summed E-state index contributed by atoms with van der Waals surface area (Å²) in [4.78, 5) is 28.9. The van der Waals surface area contributed by atoms with Crippen molar-refractivity contribution in [1.29, 1.82) is 0 Å². The summed E-state index contributed by atoms with van der Waals surface area (Å²) in [5, 5.41) is 9.84. The van der Waals surface area contributed by atoms with Gasteiger partial charge in [0.05, 0.1) is 17.2 Å². The highest BCUT2D eigenvalue weighted by Crippen LogP contribution is 2.45. The first-order chi connectivity index (χ1) is 10.6. The minimum absolute atomic E-state index is 0.127. The summed E-state index contributed by atoms with van der Waals surface area (Å²) in [6.07, 6.45) is -1.22. The van der Waals surface area contributed by atoms with Crippen LogP contribution in [0.3, 0.4) is 0 Å². The number of aliphatic imine (C=N–C) groups is 1. The lowest BCUT2D eigenvalue weighted by atomic mass is 10.3. The first kappa shape index (κ1) is 15.0. The van der Waals surface area contributed by atoms with Gasteiger partial charge in [0.1, 0.15) is 4.38 Å². The number of rotatable bonds is 3. The lowest BCUT2D eigenvalue weighted by molar-refractivity contribution is -0.160. The van der Waals surface area contributed by atoms with Crippen LogP contribution in [0.5, 0.6) is 0 Å². The molecule has 0 aromatic heterocycles. The molecule has 2 aliphatic heterocycles. The minimum atomic E-state index is -1.22. The number of thioether (sulfide) groups is 1. The molecule has 0 bridgehead atoms. The van der Waals surface area contributed by atoms with E-state index in [0.717, 1.165) is 34.1 Å². The maximum atomic E-state index is 11.8. The Hall–Kier alpha value is -1.93. The summed E-state index contributed by atoms with van der Waals surface area (Å²) in [5.74, 6) is -2.18. The van der Waals surface area contributed by atoms with E-state index < -0.39 is 23.8 Å². The zero-order chi connectivity index (χ0) is 15.7. The van der Waals surface area contributed by atoms with Crippen LogP contribution in [0.25, 0.3) is 0 Å². The molecule has 0 spiro atoms. The van der Waals surface area contributed by atoms with Crippen molar-refractivity contribution in [2.45, 2.75) is 17.9 Å². The van der Waals surface area contributed by atoms with Gasteiger partial charge in [-0.1, -0.05) is 23.9 Å². The van der Waals surface area contributed by atoms with E-state index in [9.17, 15) is 14.7 Å². The summed E-state index contributed by atoms with van der Waals surface area (Å²) in [7, 11) is 0. The monoisotopic (exact) mass is 338 g/mol. The van der Waals surface area contributed by atoms with Crippen LogP contribution < -0.4 is 0 Å². The van der Waals surface area contributed by atoms with Crippen molar-refractivity contribution in [3.05, 3.63) is 34.9 Å². The van der Waals surface area contributed by atoms with Crippen LogP contribution in [0.15, 0.2) is 44.8 Å². The number of para-hydroxylation sites is 1. The summed E-state index contributed by atoms with van der Waals surface area (Å²) < 4.78 is 10.4. The van der Waals surface area contributed by atoms with E-state index in [1.165, 1.54) is 0 Å². The number of aliphatic hydroxyl groups is 1. The van der Waals surface area contributed by atoms with E-state index in [1.54, 1.807) is 6.92 Å². The molecule has 22 heavy (non-hydrogen) atoms. The van der Waals surface area contributed by atoms with Crippen molar-refractivity contribution in [3.63, 3.8) is 0 Å². The lowest BCUT2D eigenvalue weighted by Gasteiger charge is -2.11. The van der Waals surface area contributed by atoms with Gasteiger partial charge in [-0.2, -0.15) is 0 Å². The van der Waals surface area contributed by atoms with Crippen LogP contribution in [-0.2, 0) is 19.1 Å². The standard InChI is InChI=1S/C14H12NO5S2/c1-2-19-13(18)10-11(9(16)12(17)20-10)22-14-15-7-5-3-4-6-8(7)21-14/h3-6,10,16,21H,2H2,1H3. The zero-order valence-corrected chi connectivity index (χ0v) is 13.2. The third-order valence-corrected chi connectivity index (χ3v) is 5.26. The number of fused-ring (bicyclic) bond motifs is 1. The van der Waals surface area contributed by atoms with Crippen LogP contribution in [0, 0.1) is 0 Å². The molecule has 0 aliphatic carbocycles. The number of hydrogen-bond donors (Lipinski definition) is 2. The molecule has 2 heterocycles. The number of hydrogen-bond acceptors (Lipinski definition) is 7. The highest BCUT2D eigenvalue weighted by atomic mass is 32.2. The molecular formula is C14H12NO5S2. The number of esters is 2. The molecule has 0 fully saturated rings. The number of cyclic esters (lactones) is 1. The van der Waals surface area contributed by atoms with Gasteiger partial charge in [0, 0.05) is 4.90 Å². The number of aliphatic hydroxyl groups excluding tert-OH is 1. The number of carbonyl (C=O) groups excluding carboxylic acids is 2. The van der Waals surface area contributed by atoms with Gasteiger partial charge in [0.25, 0.3) is 0 Å². The molecule has 1 aromatic rings. The Morgan fingerprint density at radius 1 is 1.50 bits per heavy atom. The van der Waals surface area contributed by atoms with Gasteiger partial charge >= 0.3 is 11.9 Å². The van der Waals surface area contributed by atoms with E-state index >= 15 is 0 Å². The first-order valence-electron chi connectivity index (χ1n) is 6.48. The number of benzene rings is 1. The molecule has 115 valence electrons. The highest BCUT2D eigenvalue weighted by molar-refractivity contribution is 8.40. The number of thiol groups is 1. The fraction of sp³-hybridized carbons (Fsp3) is 0.214. The summed E-state index contributed by atoms with van der Waals surface area (Å²) in [5.41, 5.74) is 0.838. The van der Waals surface area contributed by atoms with Crippen molar-refractivity contribution in [2.24, 2.45) is 4.99 Å². The molecule has 0 saturated heterocycles. The van der Waals surface area contributed by atoms with Gasteiger partial charge in [0.15, 0.2) is 0 Å². The molecule has 1 unspecified atom stereocenters. The summed E-state index contributed by atoms with van der Waals surface area (Å²) in [6, 6.07) is 7.62. The highest BCUT2D eigenvalue weighted by Gasteiger charge is 2.41. The van der Waals surface area contributed by atoms with Crippen molar-refractivity contribution in [1.82, 2.24) is 0 Å². The molecule has 3 rings (SSSR count). The topological polar surface area (TPSA) is 85.2 Å². The Balaban J connectivity index is 1.81. The largest absolute Gasteiger partial charge is 0.501 e. The number of ether oxygens (including phenoxy) is 2. The Morgan fingerprint density at radius 3 is 3.00 bits per heavy atom. The van der Waals surface area contributed by atoms with Gasteiger partial charge in [-0.05, 0) is 19.1 Å². The molecule has 6 nitrogen and oxygen atoms in total. The van der Waals surface area contributed by atoms with Gasteiger partial charge in [-0.25, -0.2) is 14.6 Å². The van der Waals surface area contributed by atoms with E-state index in [4.69, 9.17) is 9.47 Å². The molecule has 1 atom stereocenters. The van der Waals surface area contributed by atoms with E-state index in [-0.39, 0.29) is 11.5 Å². The molecule has 0 amide bonds. The van der Waals surface area contributed by atoms with Gasteiger partial charge in [-0.15, -0.1) is 11.8 Å². The van der Waals surface area contributed by atoms with Gasteiger partial charge in [0.2, 0.25) is 11.9 Å². The van der Waals surface area contributed by atoms with E-state index in [1.807, 2.05) is 24.3 Å². The summed E-state index contributed by atoms with van der Waals surface area (Å²) >= 11 is 1.92. The maximum absolute atomic E-state index is 11.8. The maximum Gasteiger partial charge on any atom is 0.375 e. The molecule has 0 saturated carbocycles. The zero-order valence-electron chi connectivity index (χ0n) is 11.5. The number of carbonyl (C=O) groups is 2. The van der Waals surface area contributed by atoms with Crippen molar-refractivity contribution < 1.29 is 24.2 Å². The predicted molar refractivity (Wildman–Crippen MR) is 84.5 cm³/mol. The lowest BCUT2D eigenvalue weighted by Crippen LogP contribution is -2.25. The second-order valence-corrected chi connectivity index (χ2v) is 6.81. The van der Waals surface area contributed by atoms with Crippen molar-refractivity contribution in [3.8, 4) is 0 Å². The molecule has 8 heteroatoms. The molecule has 1 aromatic carbocycles. The molecular weight excluding hydrogens is 326 g/mol. The minimum Gasteiger partial charge on any atom is -0.501 e. The Morgan fingerprint density at radius 2 is 2.27 bits per heavy atom. The quantitative estimate of drug-likeness (QED) is 0.500. The first-order valence-corrected chi connectivity index (χ1v) is 8.19. The van der Waals surface area contributed by atoms with E-state index in [2.05, 4.69) is 4.99 Å². The van der Waals surface area contributed by atoms with Crippen LogP contribution in [-0.4, -0.2) is 34.1 Å². The Bertz CT molecular complexity index is 713. The fourth-order valence-corrected chi connectivity index (χ4v) is 4.25. The number of nitrogens with zero attached hydrogens (tertiary/aromatic N) is 1. The van der Waals surface area contributed by atoms with Crippen molar-refractivity contribution in [2.75, 3.05) is 6.61 Å². The smallest absolute Gasteiger partial charge is 0.375 e. The molecule has 1 N–H and O–H groups in total. The van der Waals surface area contributed by atoms with Crippen LogP contribution >= 0.6 is 23.5 Å². The molecule has 2 aliphatic rings. The Kier molecular flexibility index (Phi) is 4.12. The summed E-state index contributed by atoms with van der Waals surface area (Å²) in [6.45, 7) is 1.82. The third-order valence-electron chi connectivity index (χ3n) is 2.91. The SMILES string of the molecule is CCOC(=O)C1OC(=O)C(O)=C1SC1=Nc2ccccc2[SH]1. The fourth-order valence-electron chi connectivity index (χ4n) is 1.94. The average Bonchev–Trinajstić information content (AvgIpc) is 3.03. The normalized spacial score (nSPS) is 19.8. The van der Waals surface area contributed by atoms with Crippen LogP contribution in [0.4, 0.5) is 5.69 Å². The Labute approximate surface area is 134 Å². The van der Waals surface area contributed by atoms with Gasteiger partial charge < -0.3 is 14.6 Å². The molecule has 1 radical (unpaired) electrons. The average molecular weight is 338 g/mol. The second-order valence-electron chi connectivity index (χ2n) is 4.35.